The molecule has 0 unspecified atom stereocenters. The van der Waals surface area contributed by atoms with Crippen LogP contribution in [0.1, 0.15) is 15.2 Å². The van der Waals surface area contributed by atoms with Crippen molar-refractivity contribution in [2.45, 2.75) is 6.42 Å². The van der Waals surface area contributed by atoms with Gasteiger partial charge in [-0.05, 0) is 42.1 Å². The van der Waals surface area contributed by atoms with Crippen molar-refractivity contribution in [3.63, 3.8) is 0 Å². The third-order valence-electron chi connectivity index (χ3n) is 3.53. The van der Waals surface area contributed by atoms with Crippen LogP contribution in [0.15, 0.2) is 48.1 Å². The van der Waals surface area contributed by atoms with Gasteiger partial charge in [0.1, 0.15) is 12.0 Å². The number of rotatable bonds is 7. The van der Waals surface area contributed by atoms with Gasteiger partial charge in [0.2, 0.25) is 0 Å². The number of nitrogens with two attached hydrogens (primary N) is 1. The minimum absolute atomic E-state index is 0.320. The number of halogens is 1. The highest BCUT2D eigenvalue weighted by atomic mass is 35.5. The second-order valence-electron chi connectivity index (χ2n) is 5.33. The number of hydrogen-bond acceptors (Lipinski definition) is 7. The van der Waals surface area contributed by atoms with Gasteiger partial charge in [-0.3, -0.25) is 15.6 Å². The first-order chi connectivity index (χ1) is 12.6. The summed E-state index contributed by atoms with van der Waals surface area (Å²) >= 11 is 7.52. The Kier molecular flexibility index (Phi) is 5.88. The van der Waals surface area contributed by atoms with Gasteiger partial charge in [0.25, 0.3) is 5.91 Å². The minimum Gasteiger partial charge on any atom is -0.393 e. The molecule has 0 aliphatic rings. The number of nitrogens with zero attached hydrogens (tertiary/aromatic N) is 2. The van der Waals surface area contributed by atoms with E-state index in [1.807, 2.05) is 11.4 Å². The van der Waals surface area contributed by atoms with Crippen LogP contribution < -0.4 is 21.9 Å². The second-order valence-corrected chi connectivity index (χ2v) is 6.80. The van der Waals surface area contributed by atoms with Gasteiger partial charge in [-0.2, -0.15) is 0 Å². The Hall–Kier alpha value is -2.84. The number of nitrogen functional groups attached to an aromatic ring is 1. The normalized spacial score (nSPS) is 10.3. The molecule has 0 radical (unpaired) electrons. The number of hydrogen-bond donors (Lipinski definition) is 4. The van der Waals surface area contributed by atoms with Crippen molar-refractivity contribution in [2.24, 2.45) is 0 Å². The maximum absolute atomic E-state index is 12.1. The van der Waals surface area contributed by atoms with Crippen molar-refractivity contribution >= 4 is 46.2 Å². The van der Waals surface area contributed by atoms with E-state index in [1.165, 1.54) is 11.2 Å². The number of hydrazine groups is 1. The van der Waals surface area contributed by atoms with Crippen LogP contribution in [0.3, 0.4) is 0 Å². The Morgan fingerprint density at radius 2 is 1.92 bits per heavy atom. The Labute approximate surface area is 159 Å². The monoisotopic (exact) mass is 388 g/mol. The third kappa shape index (κ3) is 4.62. The molecule has 26 heavy (non-hydrogen) atoms. The van der Waals surface area contributed by atoms with Crippen molar-refractivity contribution < 1.29 is 4.79 Å². The van der Waals surface area contributed by atoms with Gasteiger partial charge in [-0.1, -0.05) is 17.7 Å². The van der Waals surface area contributed by atoms with E-state index in [2.05, 4.69) is 32.2 Å². The number of nitrogens with one attached hydrogen (secondary N) is 3. The van der Waals surface area contributed by atoms with Crippen molar-refractivity contribution in [3.05, 3.63) is 63.6 Å². The summed E-state index contributed by atoms with van der Waals surface area (Å²) in [7, 11) is 0. The molecule has 0 spiro atoms. The maximum atomic E-state index is 12.1. The van der Waals surface area contributed by atoms with Crippen molar-refractivity contribution in [1.82, 2.24) is 15.4 Å². The van der Waals surface area contributed by atoms with Crippen LogP contribution in [0.25, 0.3) is 0 Å². The number of anilines is 3. The number of amides is 1. The molecule has 0 bridgehead atoms. The molecule has 0 saturated carbocycles. The predicted octanol–water partition coefficient (Wildman–Crippen LogP) is 3.19. The number of carbonyl (C=O) groups is 1. The van der Waals surface area contributed by atoms with E-state index in [9.17, 15) is 4.79 Å². The van der Waals surface area contributed by atoms with E-state index in [-0.39, 0.29) is 5.91 Å². The highest BCUT2D eigenvalue weighted by molar-refractivity contribution is 7.09. The lowest BCUT2D eigenvalue weighted by molar-refractivity contribution is 0.0962. The van der Waals surface area contributed by atoms with Crippen LogP contribution in [-0.4, -0.2) is 22.4 Å². The highest BCUT2D eigenvalue weighted by Gasteiger charge is 2.10. The molecule has 0 aliphatic carbocycles. The molecule has 2 aromatic heterocycles. The highest BCUT2D eigenvalue weighted by Crippen LogP contribution is 2.22. The van der Waals surface area contributed by atoms with E-state index >= 15 is 0 Å². The van der Waals surface area contributed by atoms with Crippen LogP contribution in [-0.2, 0) is 6.42 Å². The number of thiophene rings is 1. The molecular formula is C17H17ClN6OS. The summed E-state index contributed by atoms with van der Waals surface area (Å²) in [5.41, 5.74) is 12.1. The molecule has 3 rings (SSSR count). The standard InChI is InChI=1S/C17H17ClN6OS/c18-12-5-3-11(4-6-12)17(25)24-23-16-14(19)15(21-10-22-16)20-8-7-13-2-1-9-26-13/h1-6,9-10H,7-8,19H2,(H,24,25)(H2,20,21,22,23). The largest absolute Gasteiger partial charge is 0.393 e. The first kappa shape index (κ1) is 18.0. The molecule has 1 aromatic carbocycles. The van der Waals surface area contributed by atoms with E-state index in [0.29, 0.717) is 34.5 Å². The van der Waals surface area contributed by atoms with Crippen LogP contribution in [0.2, 0.25) is 5.02 Å². The molecular weight excluding hydrogens is 372 g/mol. The Bertz CT molecular complexity index is 869. The Morgan fingerprint density at radius 3 is 2.65 bits per heavy atom. The summed E-state index contributed by atoms with van der Waals surface area (Å²) < 4.78 is 0. The Morgan fingerprint density at radius 1 is 1.15 bits per heavy atom. The smallest absolute Gasteiger partial charge is 0.269 e. The fourth-order valence-corrected chi connectivity index (χ4v) is 3.02. The van der Waals surface area contributed by atoms with Gasteiger partial charge >= 0.3 is 0 Å². The van der Waals surface area contributed by atoms with Gasteiger partial charge in [-0.25, -0.2) is 9.97 Å². The van der Waals surface area contributed by atoms with Crippen molar-refractivity contribution in [1.29, 1.82) is 0 Å². The van der Waals surface area contributed by atoms with Crippen LogP contribution >= 0.6 is 22.9 Å². The maximum Gasteiger partial charge on any atom is 0.269 e. The van der Waals surface area contributed by atoms with Gasteiger partial charge in [0.15, 0.2) is 11.6 Å². The second kappa shape index (κ2) is 8.50. The molecule has 2 heterocycles. The van der Waals surface area contributed by atoms with Gasteiger partial charge in [0, 0.05) is 22.0 Å². The molecule has 0 fully saturated rings. The lowest BCUT2D eigenvalue weighted by atomic mass is 10.2. The average Bonchev–Trinajstić information content (AvgIpc) is 3.16. The van der Waals surface area contributed by atoms with E-state index in [0.717, 1.165) is 6.42 Å². The number of benzene rings is 1. The first-order valence-corrected chi connectivity index (χ1v) is 9.08. The Balaban J connectivity index is 1.57. The van der Waals surface area contributed by atoms with Crippen LogP contribution in [0.4, 0.5) is 17.3 Å². The average molecular weight is 389 g/mol. The van der Waals surface area contributed by atoms with Gasteiger partial charge in [0.05, 0.1) is 0 Å². The first-order valence-electron chi connectivity index (χ1n) is 7.82. The molecule has 9 heteroatoms. The summed E-state index contributed by atoms with van der Waals surface area (Å²) in [5, 5.41) is 5.78. The number of carbonyl (C=O) groups excluding carboxylic acids is 1. The molecule has 0 aliphatic heterocycles. The molecule has 0 atom stereocenters. The molecule has 0 saturated heterocycles. The lowest BCUT2D eigenvalue weighted by Gasteiger charge is -2.13. The zero-order valence-electron chi connectivity index (χ0n) is 13.7. The molecule has 3 aromatic rings. The molecule has 5 N–H and O–H groups in total. The summed E-state index contributed by atoms with van der Waals surface area (Å²) in [6.07, 6.45) is 2.25. The summed E-state index contributed by atoms with van der Waals surface area (Å²) in [4.78, 5) is 21.6. The molecule has 7 nitrogen and oxygen atoms in total. The summed E-state index contributed by atoms with van der Waals surface area (Å²) in [5.74, 6) is 0.507. The van der Waals surface area contributed by atoms with Crippen molar-refractivity contribution in [2.75, 3.05) is 23.0 Å². The zero-order chi connectivity index (χ0) is 18.4. The summed E-state index contributed by atoms with van der Waals surface area (Å²) in [6, 6.07) is 10.6. The fraction of sp³-hybridized carbons (Fsp3) is 0.118. The zero-order valence-corrected chi connectivity index (χ0v) is 15.3. The summed E-state index contributed by atoms with van der Waals surface area (Å²) in [6.45, 7) is 0.693. The van der Waals surface area contributed by atoms with Crippen LogP contribution in [0.5, 0.6) is 0 Å². The topological polar surface area (TPSA) is 105 Å². The number of aromatic nitrogens is 2. The fourth-order valence-electron chi connectivity index (χ4n) is 2.18. The lowest BCUT2D eigenvalue weighted by Crippen LogP contribution is -2.30. The quantitative estimate of drug-likeness (QED) is 0.463. The van der Waals surface area contributed by atoms with E-state index in [1.54, 1.807) is 35.6 Å². The van der Waals surface area contributed by atoms with Crippen molar-refractivity contribution in [3.8, 4) is 0 Å². The molecule has 134 valence electrons. The van der Waals surface area contributed by atoms with Gasteiger partial charge in [-0.15, -0.1) is 11.3 Å². The minimum atomic E-state index is -0.327. The van der Waals surface area contributed by atoms with E-state index < -0.39 is 0 Å². The third-order valence-corrected chi connectivity index (χ3v) is 4.72. The van der Waals surface area contributed by atoms with Gasteiger partial charge < -0.3 is 11.1 Å². The molecule has 1 amide bonds. The SMILES string of the molecule is Nc1c(NCCc2cccs2)ncnc1NNC(=O)c1ccc(Cl)cc1. The predicted molar refractivity (Wildman–Crippen MR) is 105 cm³/mol. The van der Waals surface area contributed by atoms with E-state index in [4.69, 9.17) is 17.3 Å². The van der Waals surface area contributed by atoms with Crippen LogP contribution in [0, 0.1) is 0 Å².